The maximum Gasteiger partial charge on any atom is 0.242 e. The Balaban J connectivity index is 1.93. The van der Waals surface area contributed by atoms with Crippen LogP contribution in [0.3, 0.4) is 0 Å². The minimum atomic E-state index is -3.56. The molecule has 21 heavy (non-hydrogen) atoms. The molecule has 1 fully saturated rings. The maximum atomic E-state index is 12.7. The van der Waals surface area contributed by atoms with Crippen molar-refractivity contribution in [3.63, 3.8) is 0 Å². The highest BCUT2D eigenvalue weighted by Crippen LogP contribution is 2.43. The van der Waals surface area contributed by atoms with Crippen LogP contribution < -0.4 is 4.72 Å². The number of rotatable bonds is 5. The molecule has 1 atom stereocenters. The molecule has 1 aliphatic carbocycles. The second kappa shape index (κ2) is 6.12. The SMILES string of the molecule is O=S(=O)(N[C@H](c1cccs1)C1CC1)c1cc(Br)ccc1Br. The molecule has 1 aromatic carbocycles. The van der Waals surface area contributed by atoms with Crippen molar-refractivity contribution in [2.24, 2.45) is 5.92 Å². The zero-order chi connectivity index (χ0) is 15.0. The lowest BCUT2D eigenvalue weighted by atomic mass is 10.2. The molecule has 0 aliphatic heterocycles. The molecule has 3 nitrogen and oxygen atoms in total. The highest BCUT2D eigenvalue weighted by molar-refractivity contribution is 9.11. The fourth-order valence-electron chi connectivity index (χ4n) is 2.20. The molecule has 7 heteroatoms. The molecule has 112 valence electrons. The lowest BCUT2D eigenvalue weighted by molar-refractivity contribution is 0.533. The quantitative estimate of drug-likeness (QED) is 0.717. The summed E-state index contributed by atoms with van der Waals surface area (Å²) >= 11 is 8.24. The van der Waals surface area contributed by atoms with Crippen LogP contribution in [-0.4, -0.2) is 8.42 Å². The van der Waals surface area contributed by atoms with Crippen molar-refractivity contribution in [1.82, 2.24) is 4.72 Å². The topological polar surface area (TPSA) is 46.2 Å². The second-order valence-electron chi connectivity index (χ2n) is 5.03. The van der Waals surface area contributed by atoms with Gasteiger partial charge in [0.15, 0.2) is 0 Å². The molecule has 1 aliphatic rings. The van der Waals surface area contributed by atoms with Crippen LogP contribution in [0.25, 0.3) is 0 Å². The van der Waals surface area contributed by atoms with Crippen LogP contribution in [0.1, 0.15) is 23.8 Å². The largest absolute Gasteiger partial charge is 0.242 e. The van der Waals surface area contributed by atoms with E-state index in [1.165, 1.54) is 0 Å². The number of nitrogens with one attached hydrogen (secondary N) is 1. The van der Waals surface area contributed by atoms with Crippen LogP contribution in [-0.2, 0) is 10.0 Å². The van der Waals surface area contributed by atoms with Crippen molar-refractivity contribution in [3.05, 3.63) is 49.5 Å². The van der Waals surface area contributed by atoms with E-state index in [1.54, 1.807) is 29.5 Å². The Labute approximate surface area is 145 Å². The summed E-state index contributed by atoms with van der Waals surface area (Å²) in [5, 5.41) is 1.98. The van der Waals surface area contributed by atoms with Gasteiger partial charge in [0.1, 0.15) is 0 Å². The van der Waals surface area contributed by atoms with E-state index >= 15 is 0 Å². The average Bonchev–Trinajstić information content (AvgIpc) is 3.13. The third-order valence-corrected chi connectivity index (χ3v) is 7.29. The maximum absolute atomic E-state index is 12.7. The average molecular weight is 451 g/mol. The summed E-state index contributed by atoms with van der Waals surface area (Å²) in [7, 11) is -3.56. The van der Waals surface area contributed by atoms with Gasteiger partial charge in [-0.05, 0) is 64.3 Å². The van der Waals surface area contributed by atoms with Gasteiger partial charge in [0, 0.05) is 13.8 Å². The van der Waals surface area contributed by atoms with E-state index in [9.17, 15) is 8.42 Å². The standard InChI is InChI=1S/C14H13Br2NO2S2/c15-10-5-6-11(16)13(8-10)21(18,19)17-14(9-3-4-9)12-2-1-7-20-12/h1-2,5-9,14,17H,3-4H2/t14-/m0/s1. The number of hydrogen-bond acceptors (Lipinski definition) is 3. The van der Waals surface area contributed by atoms with Crippen molar-refractivity contribution in [2.45, 2.75) is 23.8 Å². The van der Waals surface area contributed by atoms with E-state index in [0.29, 0.717) is 10.4 Å². The number of halogens is 2. The van der Waals surface area contributed by atoms with Crippen LogP contribution >= 0.6 is 43.2 Å². The van der Waals surface area contributed by atoms with E-state index < -0.39 is 10.0 Å². The molecule has 1 aromatic heterocycles. The Morgan fingerprint density at radius 2 is 2.00 bits per heavy atom. The van der Waals surface area contributed by atoms with E-state index in [-0.39, 0.29) is 10.9 Å². The fourth-order valence-corrected chi connectivity index (χ4v) is 5.93. The predicted octanol–water partition coefficient (Wildman–Crippen LogP) is 4.70. The van der Waals surface area contributed by atoms with Gasteiger partial charge in [-0.25, -0.2) is 13.1 Å². The lowest BCUT2D eigenvalue weighted by Crippen LogP contribution is -2.29. The summed E-state index contributed by atoms with van der Waals surface area (Å²) in [6.07, 6.45) is 2.15. The molecular formula is C14H13Br2NO2S2. The second-order valence-corrected chi connectivity index (χ2v) is 9.46. The molecule has 0 unspecified atom stereocenters. The minimum absolute atomic E-state index is 0.124. The minimum Gasteiger partial charge on any atom is -0.207 e. The van der Waals surface area contributed by atoms with Crippen LogP contribution in [0.5, 0.6) is 0 Å². The van der Waals surface area contributed by atoms with E-state index in [0.717, 1.165) is 22.2 Å². The summed E-state index contributed by atoms with van der Waals surface area (Å²) in [4.78, 5) is 1.34. The summed E-state index contributed by atoms with van der Waals surface area (Å²) in [5.74, 6) is 0.407. The zero-order valence-corrected chi connectivity index (χ0v) is 15.7. The van der Waals surface area contributed by atoms with Gasteiger partial charge in [-0.3, -0.25) is 0 Å². The van der Waals surface area contributed by atoms with Gasteiger partial charge < -0.3 is 0 Å². The van der Waals surface area contributed by atoms with Crippen molar-refractivity contribution >= 4 is 53.2 Å². The molecule has 3 rings (SSSR count). The summed E-state index contributed by atoms with van der Waals surface area (Å²) in [6.45, 7) is 0. The van der Waals surface area contributed by atoms with Gasteiger partial charge in [0.25, 0.3) is 0 Å². The first-order valence-corrected chi connectivity index (χ1v) is 10.4. The van der Waals surface area contributed by atoms with Crippen molar-refractivity contribution in [1.29, 1.82) is 0 Å². The Kier molecular flexibility index (Phi) is 4.57. The smallest absolute Gasteiger partial charge is 0.207 e. The summed E-state index contributed by atoms with van der Waals surface area (Å²) in [5.41, 5.74) is 0. The van der Waals surface area contributed by atoms with Gasteiger partial charge in [-0.2, -0.15) is 0 Å². The first kappa shape index (κ1) is 15.7. The van der Waals surface area contributed by atoms with Crippen molar-refractivity contribution in [2.75, 3.05) is 0 Å². The van der Waals surface area contributed by atoms with Gasteiger partial charge in [0.05, 0.1) is 10.9 Å². The molecule has 1 N–H and O–H groups in total. The van der Waals surface area contributed by atoms with Crippen molar-refractivity contribution in [3.8, 4) is 0 Å². The first-order valence-electron chi connectivity index (χ1n) is 6.48. The monoisotopic (exact) mass is 449 g/mol. The van der Waals surface area contributed by atoms with Gasteiger partial charge in [-0.15, -0.1) is 11.3 Å². The van der Waals surface area contributed by atoms with Crippen LogP contribution in [0.2, 0.25) is 0 Å². The molecule has 1 saturated carbocycles. The third kappa shape index (κ3) is 3.59. The summed E-state index contributed by atoms with van der Waals surface area (Å²) < 4.78 is 29.6. The van der Waals surface area contributed by atoms with Gasteiger partial charge >= 0.3 is 0 Å². The Morgan fingerprint density at radius 3 is 2.62 bits per heavy atom. The van der Waals surface area contributed by atoms with Gasteiger partial charge in [-0.1, -0.05) is 22.0 Å². The van der Waals surface area contributed by atoms with Crippen molar-refractivity contribution < 1.29 is 8.42 Å². The fraction of sp³-hybridized carbons (Fsp3) is 0.286. The predicted molar refractivity (Wildman–Crippen MR) is 91.9 cm³/mol. The highest BCUT2D eigenvalue weighted by Gasteiger charge is 2.36. The number of benzene rings is 1. The number of sulfonamides is 1. The Morgan fingerprint density at radius 1 is 1.24 bits per heavy atom. The molecule has 1 heterocycles. The Hall–Kier alpha value is -0.210. The van der Waals surface area contributed by atoms with E-state index in [2.05, 4.69) is 36.6 Å². The lowest BCUT2D eigenvalue weighted by Gasteiger charge is -2.18. The molecule has 2 aromatic rings. The molecule has 0 bridgehead atoms. The first-order chi connectivity index (χ1) is 9.97. The molecular weight excluding hydrogens is 438 g/mol. The zero-order valence-electron chi connectivity index (χ0n) is 10.9. The Bertz CT molecular complexity index is 740. The number of hydrogen-bond donors (Lipinski definition) is 1. The van der Waals surface area contributed by atoms with E-state index in [4.69, 9.17) is 0 Å². The van der Waals surface area contributed by atoms with Crippen LogP contribution in [0.15, 0.2) is 49.6 Å². The number of thiophene rings is 1. The molecule has 0 spiro atoms. The van der Waals surface area contributed by atoms with E-state index in [1.807, 2.05) is 17.5 Å². The highest BCUT2D eigenvalue weighted by atomic mass is 79.9. The molecule has 0 radical (unpaired) electrons. The van der Waals surface area contributed by atoms with Crippen LogP contribution in [0, 0.1) is 5.92 Å². The summed E-state index contributed by atoms with van der Waals surface area (Å²) in [6, 6.07) is 8.98. The van der Waals surface area contributed by atoms with Crippen LogP contribution in [0.4, 0.5) is 0 Å². The normalized spacial score (nSPS) is 16.9. The third-order valence-electron chi connectivity index (χ3n) is 3.41. The van der Waals surface area contributed by atoms with Gasteiger partial charge in [0.2, 0.25) is 10.0 Å². The molecule has 0 saturated heterocycles. The molecule has 0 amide bonds.